The molecule has 0 unspecified atom stereocenters. The predicted molar refractivity (Wildman–Crippen MR) is 84.4 cm³/mol. The lowest BCUT2D eigenvalue weighted by Crippen LogP contribution is -2.16. The number of rotatable bonds is 8. The van der Waals surface area contributed by atoms with E-state index in [-0.39, 0.29) is 18.2 Å². The van der Waals surface area contributed by atoms with E-state index in [4.69, 9.17) is 0 Å². The van der Waals surface area contributed by atoms with Gasteiger partial charge in [0.05, 0.1) is 0 Å². The van der Waals surface area contributed by atoms with E-state index in [1.54, 1.807) is 0 Å². The van der Waals surface area contributed by atoms with Crippen LogP contribution in [-0.2, 0) is 6.42 Å². The van der Waals surface area contributed by atoms with Crippen LogP contribution in [-0.4, -0.2) is 31.3 Å². The summed E-state index contributed by atoms with van der Waals surface area (Å²) in [6, 6.07) is 8.13. The zero-order valence-electron chi connectivity index (χ0n) is 12.3. The van der Waals surface area contributed by atoms with Gasteiger partial charge in [0.15, 0.2) is 5.78 Å². The first kappa shape index (κ1) is 18.1. The molecule has 3 heteroatoms. The zero-order valence-corrected chi connectivity index (χ0v) is 13.1. The molecule has 0 heterocycles. The van der Waals surface area contributed by atoms with Gasteiger partial charge in [-0.3, -0.25) is 4.79 Å². The number of benzene rings is 1. The highest BCUT2D eigenvalue weighted by Gasteiger charge is 2.06. The predicted octanol–water partition coefficient (Wildman–Crippen LogP) is 3.98. The summed E-state index contributed by atoms with van der Waals surface area (Å²) in [4.78, 5) is 13.9. The minimum absolute atomic E-state index is 0. The van der Waals surface area contributed by atoms with E-state index >= 15 is 0 Å². The maximum Gasteiger partial charge on any atom is 0.164 e. The second-order valence-corrected chi connectivity index (χ2v) is 5.13. The van der Waals surface area contributed by atoms with Crippen LogP contribution < -0.4 is 0 Å². The SMILES string of the molecule is CCCCCc1ccc(C(=O)CCN(C)C)cc1.Cl. The van der Waals surface area contributed by atoms with Crippen LogP contribution in [0.2, 0.25) is 0 Å². The van der Waals surface area contributed by atoms with E-state index in [0.717, 1.165) is 18.5 Å². The molecule has 108 valence electrons. The van der Waals surface area contributed by atoms with Crippen molar-refractivity contribution in [2.75, 3.05) is 20.6 Å². The lowest BCUT2D eigenvalue weighted by Gasteiger charge is -2.08. The fourth-order valence-corrected chi connectivity index (χ4v) is 1.91. The van der Waals surface area contributed by atoms with Crippen molar-refractivity contribution in [3.05, 3.63) is 35.4 Å². The molecule has 1 aromatic carbocycles. The number of ketones is 1. The average Bonchev–Trinajstić information content (AvgIpc) is 2.37. The topological polar surface area (TPSA) is 20.3 Å². The second kappa shape index (κ2) is 9.99. The average molecular weight is 284 g/mol. The number of unbranched alkanes of at least 4 members (excludes halogenated alkanes) is 2. The van der Waals surface area contributed by atoms with Crippen molar-refractivity contribution in [2.24, 2.45) is 0 Å². The van der Waals surface area contributed by atoms with Crippen LogP contribution in [0.4, 0.5) is 0 Å². The molecule has 0 aliphatic carbocycles. The van der Waals surface area contributed by atoms with Crippen molar-refractivity contribution in [1.29, 1.82) is 0 Å². The standard InChI is InChI=1S/C16H25NO.ClH/c1-4-5-6-7-14-8-10-15(11-9-14)16(18)12-13-17(2)3;/h8-11H,4-7,12-13H2,1-3H3;1H. The van der Waals surface area contributed by atoms with Gasteiger partial charge in [-0.15, -0.1) is 12.4 Å². The fraction of sp³-hybridized carbons (Fsp3) is 0.562. The molecule has 0 atom stereocenters. The number of halogens is 1. The third-order valence-corrected chi connectivity index (χ3v) is 3.13. The van der Waals surface area contributed by atoms with Gasteiger partial charge >= 0.3 is 0 Å². The van der Waals surface area contributed by atoms with Crippen molar-refractivity contribution in [3.63, 3.8) is 0 Å². The van der Waals surface area contributed by atoms with Gasteiger partial charge in [-0.1, -0.05) is 44.0 Å². The molecule has 0 bridgehead atoms. The van der Waals surface area contributed by atoms with Crippen LogP contribution in [0.25, 0.3) is 0 Å². The van der Waals surface area contributed by atoms with Gasteiger partial charge in [-0.25, -0.2) is 0 Å². The number of Topliss-reactive ketones (excluding diaryl/α,β-unsaturated/α-hetero) is 1. The summed E-state index contributed by atoms with van der Waals surface area (Å²) >= 11 is 0. The first-order valence-electron chi connectivity index (χ1n) is 6.90. The van der Waals surface area contributed by atoms with Crippen molar-refractivity contribution < 1.29 is 4.79 Å². The Morgan fingerprint density at radius 2 is 1.74 bits per heavy atom. The minimum atomic E-state index is 0. The second-order valence-electron chi connectivity index (χ2n) is 5.13. The molecule has 19 heavy (non-hydrogen) atoms. The van der Waals surface area contributed by atoms with E-state index in [1.165, 1.54) is 24.8 Å². The Bertz CT molecular complexity index is 360. The highest BCUT2D eigenvalue weighted by atomic mass is 35.5. The quantitative estimate of drug-likeness (QED) is 0.531. The van der Waals surface area contributed by atoms with Gasteiger partial charge in [0, 0.05) is 18.5 Å². The monoisotopic (exact) mass is 283 g/mol. The smallest absolute Gasteiger partial charge is 0.164 e. The number of nitrogens with zero attached hydrogens (tertiary/aromatic N) is 1. The lowest BCUT2D eigenvalue weighted by molar-refractivity contribution is 0.0972. The summed E-state index contributed by atoms with van der Waals surface area (Å²) in [6.45, 7) is 3.03. The molecule has 1 rings (SSSR count). The molecule has 1 aromatic rings. The van der Waals surface area contributed by atoms with Gasteiger partial charge in [0.1, 0.15) is 0 Å². The number of hydrogen-bond donors (Lipinski definition) is 0. The number of hydrogen-bond acceptors (Lipinski definition) is 2. The maximum absolute atomic E-state index is 11.9. The first-order chi connectivity index (χ1) is 8.63. The Labute approximate surface area is 123 Å². The largest absolute Gasteiger partial charge is 0.309 e. The van der Waals surface area contributed by atoms with Crippen molar-refractivity contribution in [1.82, 2.24) is 4.90 Å². The van der Waals surface area contributed by atoms with E-state index in [2.05, 4.69) is 19.1 Å². The van der Waals surface area contributed by atoms with E-state index in [9.17, 15) is 4.79 Å². The van der Waals surface area contributed by atoms with Crippen LogP contribution in [0.1, 0.15) is 48.5 Å². The lowest BCUT2D eigenvalue weighted by atomic mass is 10.0. The minimum Gasteiger partial charge on any atom is -0.309 e. The molecule has 0 amide bonds. The molecule has 0 saturated carbocycles. The van der Waals surface area contributed by atoms with Crippen LogP contribution in [0.5, 0.6) is 0 Å². The van der Waals surface area contributed by atoms with Crippen LogP contribution in [0.15, 0.2) is 24.3 Å². The normalized spacial score (nSPS) is 10.3. The number of aryl methyl sites for hydroxylation is 1. The summed E-state index contributed by atoms with van der Waals surface area (Å²) in [7, 11) is 3.98. The van der Waals surface area contributed by atoms with Crippen LogP contribution in [0.3, 0.4) is 0 Å². The Kier molecular flexibility index (Phi) is 9.54. The summed E-state index contributed by atoms with van der Waals surface area (Å²) in [5.41, 5.74) is 2.18. The molecule has 0 radical (unpaired) electrons. The van der Waals surface area contributed by atoms with E-state index in [1.807, 2.05) is 31.1 Å². The summed E-state index contributed by atoms with van der Waals surface area (Å²) in [5.74, 6) is 0.240. The molecular weight excluding hydrogens is 258 g/mol. The summed E-state index contributed by atoms with van der Waals surface area (Å²) in [5, 5.41) is 0. The van der Waals surface area contributed by atoms with Gasteiger partial charge in [-0.05, 0) is 32.5 Å². The summed E-state index contributed by atoms with van der Waals surface area (Å²) < 4.78 is 0. The molecule has 0 aromatic heterocycles. The molecular formula is C16H26ClNO. The maximum atomic E-state index is 11.9. The molecule has 0 fully saturated rings. The third-order valence-electron chi connectivity index (χ3n) is 3.13. The van der Waals surface area contributed by atoms with Gasteiger partial charge < -0.3 is 4.90 Å². The Hall–Kier alpha value is -0.860. The van der Waals surface area contributed by atoms with Crippen LogP contribution >= 0.6 is 12.4 Å². The van der Waals surface area contributed by atoms with E-state index in [0.29, 0.717) is 6.42 Å². The number of carbonyl (C=O) groups is 1. The molecule has 0 aliphatic rings. The molecule has 0 aliphatic heterocycles. The van der Waals surface area contributed by atoms with Crippen molar-refractivity contribution >= 4 is 18.2 Å². The highest BCUT2D eigenvalue weighted by Crippen LogP contribution is 2.10. The Balaban J connectivity index is 0.00000324. The zero-order chi connectivity index (χ0) is 13.4. The fourth-order valence-electron chi connectivity index (χ4n) is 1.91. The highest BCUT2D eigenvalue weighted by molar-refractivity contribution is 5.96. The molecule has 0 saturated heterocycles. The molecule has 0 N–H and O–H groups in total. The third kappa shape index (κ3) is 7.34. The van der Waals surface area contributed by atoms with E-state index < -0.39 is 0 Å². The van der Waals surface area contributed by atoms with Gasteiger partial charge in [0.25, 0.3) is 0 Å². The number of carbonyl (C=O) groups excluding carboxylic acids is 1. The van der Waals surface area contributed by atoms with Crippen molar-refractivity contribution in [2.45, 2.75) is 39.0 Å². The van der Waals surface area contributed by atoms with Crippen LogP contribution in [0, 0.1) is 0 Å². The molecule has 0 spiro atoms. The first-order valence-corrected chi connectivity index (χ1v) is 6.90. The Morgan fingerprint density at radius 3 is 2.26 bits per heavy atom. The Morgan fingerprint density at radius 1 is 1.11 bits per heavy atom. The van der Waals surface area contributed by atoms with Gasteiger partial charge in [0.2, 0.25) is 0 Å². The molecule has 2 nitrogen and oxygen atoms in total. The van der Waals surface area contributed by atoms with Crippen molar-refractivity contribution in [3.8, 4) is 0 Å². The summed E-state index contributed by atoms with van der Waals surface area (Å²) in [6.07, 6.45) is 5.50. The van der Waals surface area contributed by atoms with Gasteiger partial charge in [-0.2, -0.15) is 0 Å².